The van der Waals surface area contributed by atoms with E-state index in [4.69, 9.17) is 4.74 Å². The molecular formula is C13H13NO2. The van der Waals surface area contributed by atoms with E-state index in [0.29, 0.717) is 12.4 Å². The average Bonchev–Trinajstić information content (AvgIpc) is 2.68. The summed E-state index contributed by atoms with van der Waals surface area (Å²) in [7, 11) is 0. The topological polar surface area (TPSA) is 38.3 Å². The number of nitrogens with one attached hydrogen (secondary N) is 1. The zero-order valence-corrected chi connectivity index (χ0v) is 9.07. The highest BCUT2D eigenvalue weighted by Crippen LogP contribution is 2.16. The molecule has 1 aromatic carbocycles. The van der Waals surface area contributed by atoms with Gasteiger partial charge in [-0.25, -0.2) is 0 Å². The van der Waals surface area contributed by atoms with E-state index in [2.05, 4.69) is 5.32 Å². The van der Waals surface area contributed by atoms with Crippen LogP contribution in [0.25, 0.3) is 0 Å². The summed E-state index contributed by atoms with van der Waals surface area (Å²) in [6.07, 6.45) is 3.29. The first-order chi connectivity index (χ1) is 7.79. The third-order valence-electron chi connectivity index (χ3n) is 2.31. The molecule has 0 unspecified atom stereocenters. The molecule has 1 amide bonds. The van der Waals surface area contributed by atoms with Crippen molar-refractivity contribution in [1.29, 1.82) is 0 Å². The Kier molecular flexibility index (Phi) is 3.05. The molecule has 0 spiro atoms. The molecule has 3 heteroatoms. The first-order valence-electron chi connectivity index (χ1n) is 5.15. The Balaban J connectivity index is 2.01. The van der Waals surface area contributed by atoms with Crippen molar-refractivity contribution in [2.75, 3.05) is 0 Å². The lowest BCUT2D eigenvalue weighted by molar-refractivity contribution is -0.115. The predicted octanol–water partition coefficient (Wildman–Crippen LogP) is 2.12. The Morgan fingerprint density at radius 2 is 2.06 bits per heavy atom. The van der Waals surface area contributed by atoms with Crippen molar-refractivity contribution >= 4 is 5.91 Å². The van der Waals surface area contributed by atoms with Crippen molar-refractivity contribution in [2.45, 2.75) is 13.5 Å². The van der Waals surface area contributed by atoms with Gasteiger partial charge in [0.15, 0.2) is 0 Å². The maximum absolute atomic E-state index is 11.1. The van der Waals surface area contributed by atoms with Crippen LogP contribution >= 0.6 is 0 Å². The third kappa shape index (κ3) is 2.31. The standard InChI is InChI=1S/C13H13NO2/c1-2-11-12(8-13(15)14-11)16-9-10-6-4-3-5-7-10/h2-8H,9H2,1H3,(H,14,15)/b11-2+. The van der Waals surface area contributed by atoms with Crippen molar-refractivity contribution < 1.29 is 9.53 Å². The molecule has 2 rings (SSSR count). The minimum atomic E-state index is -0.129. The molecule has 0 saturated carbocycles. The van der Waals surface area contributed by atoms with Crippen LogP contribution in [0.2, 0.25) is 0 Å². The van der Waals surface area contributed by atoms with Crippen LogP contribution in [0.15, 0.2) is 53.9 Å². The molecule has 1 aromatic rings. The van der Waals surface area contributed by atoms with Gasteiger partial charge < -0.3 is 10.1 Å². The molecule has 16 heavy (non-hydrogen) atoms. The van der Waals surface area contributed by atoms with Crippen LogP contribution in [0.4, 0.5) is 0 Å². The molecule has 0 saturated heterocycles. The van der Waals surface area contributed by atoms with Gasteiger partial charge in [-0.1, -0.05) is 36.4 Å². The number of carbonyl (C=O) groups excluding carboxylic acids is 1. The molecule has 0 radical (unpaired) electrons. The minimum absolute atomic E-state index is 0.129. The first kappa shape index (κ1) is 10.5. The van der Waals surface area contributed by atoms with Crippen LogP contribution in [0, 0.1) is 0 Å². The minimum Gasteiger partial charge on any atom is -0.487 e. The number of rotatable bonds is 3. The van der Waals surface area contributed by atoms with E-state index in [-0.39, 0.29) is 5.91 Å². The van der Waals surface area contributed by atoms with Crippen molar-refractivity contribution in [2.24, 2.45) is 0 Å². The normalized spacial score (nSPS) is 17.2. The van der Waals surface area contributed by atoms with E-state index >= 15 is 0 Å². The van der Waals surface area contributed by atoms with Crippen LogP contribution in [-0.4, -0.2) is 5.91 Å². The Morgan fingerprint density at radius 3 is 2.75 bits per heavy atom. The van der Waals surface area contributed by atoms with Gasteiger partial charge >= 0.3 is 0 Å². The highest BCUT2D eigenvalue weighted by atomic mass is 16.5. The Bertz CT molecular complexity index is 446. The fourth-order valence-electron chi connectivity index (χ4n) is 1.50. The fraction of sp³-hybridized carbons (Fsp3) is 0.154. The molecule has 1 aliphatic heterocycles. The monoisotopic (exact) mass is 215 g/mol. The number of amides is 1. The Labute approximate surface area is 94.4 Å². The second-order valence-electron chi connectivity index (χ2n) is 3.47. The largest absolute Gasteiger partial charge is 0.487 e. The van der Waals surface area contributed by atoms with E-state index in [0.717, 1.165) is 11.3 Å². The van der Waals surface area contributed by atoms with Gasteiger partial charge in [0.05, 0.1) is 5.70 Å². The quantitative estimate of drug-likeness (QED) is 0.838. The molecule has 1 N–H and O–H groups in total. The van der Waals surface area contributed by atoms with E-state index in [1.54, 1.807) is 0 Å². The second-order valence-corrected chi connectivity index (χ2v) is 3.47. The molecular weight excluding hydrogens is 202 g/mol. The summed E-state index contributed by atoms with van der Waals surface area (Å²) >= 11 is 0. The van der Waals surface area contributed by atoms with Gasteiger partial charge in [0.25, 0.3) is 5.91 Å². The lowest BCUT2D eigenvalue weighted by Gasteiger charge is -2.08. The summed E-state index contributed by atoms with van der Waals surface area (Å²) in [5.41, 5.74) is 1.82. The lowest BCUT2D eigenvalue weighted by atomic mass is 10.2. The molecule has 82 valence electrons. The van der Waals surface area contributed by atoms with Gasteiger partial charge in [-0.3, -0.25) is 4.79 Å². The maximum atomic E-state index is 11.1. The van der Waals surface area contributed by atoms with E-state index in [1.165, 1.54) is 6.08 Å². The molecule has 0 atom stereocenters. The Morgan fingerprint density at radius 1 is 1.31 bits per heavy atom. The van der Waals surface area contributed by atoms with Gasteiger partial charge in [0.2, 0.25) is 0 Å². The van der Waals surface area contributed by atoms with Gasteiger partial charge in [-0.15, -0.1) is 0 Å². The summed E-state index contributed by atoms with van der Waals surface area (Å²) in [6, 6.07) is 9.85. The molecule has 0 aromatic heterocycles. The SMILES string of the molecule is C/C=C1/NC(=O)C=C1OCc1ccccc1. The molecule has 1 heterocycles. The Hall–Kier alpha value is -2.03. The van der Waals surface area contributed by atoms with Gasteiger partial charge in [-0.05, 0) is 12.5 Å². The number of carbonyl (C=O) groups is 1. The number of benzene rings is 1. The molecule has 0 fully saturated rings. The number of ether oxygens (including phenoxy) is 1. The van der Waals surface area contributed by atoms with E-state index in [9.17, 15) is 4.79 Å². The smallest absolute Gasteiger partial charge is 0.252 e. The first-order valence-corrected chi connectivity index (χ1v) is 5.15. The average molecular weight is 215 g/mol. The molecule has 1 aliphatic rings. The van der Waals surface area contributed by atoms with Crippen molar-refractivity contribution in [1.82, 2.24) is 5.32 Å². The zero-order valence-electron chi connectivity index (χ0n) is 9.07. The van der Waals surface area contributed by atoms with Crippen LogP contribution in [0.1, 0.15) is 12.5 Å². The molecule has 0 aliphatic carbocycles. The summed E-state index contributed by atoms with van der Waals surface area (Å²) in [5.74, 6) is 0.479. The van der Waals surface area contributed by atoms with E-state index < -0.39 is 0 Å². The van der Waals surface area contributed by atoms with Crippen LogP contribution in [-0.2, 0) is 16.1 Å². The van der Waals surface area contributed by atoms with Gasteiger partial charge in [0.1, 0.15) is 12.4 Å². The van der Waals surface area contributed by atoms with E-state index in [1.807, 2.05) is 43.3 Å². The summed E-state index contributed by atoms with van der Waals surface area (Å²) in [5, 5.41) is 2.69. The zero-order chi connectivity index (χ0) is 11.4. The highest BCUT2D eigenvalue weighted by Gasteiger charge is 2.17. The van der Waals surface area contributed by atoms with Crippen molar-refractivity contribution in [3.05, 3.63) is 59.5 Å². The highest BCUT2D eigenvalue weighted by molar-refractivity contribution is 5.94. The van der Waals surface area contributed by atoms with Crippen molar-refractivity contribution in [3.8, 4) is 0 Å². The number of hydrogen-bond donors (Lipinski definition) is 1. The summed E-state index contributed by atoms with van der Waals surface area (Å²) in [4.78, 5) is 11.1. The molecule has 0 bridgehead atoms. The van der Waals surface area contributed by atoms with Crippen LogP contribution < -0.4 is 5.32 Å². The van der Waals surface area contributed by atoms with Gasteiger partial charge in [0, 0.05) is 6.08 Å². The van der Waals surface area contributed by atoms with Crippen LogP contribution in [0.5, 0.6) is 0 Å². The summed E-state index contributed by atoms with van der Waals surface area (Å²) < 4.78 is 5.57. The third-order valence-corrected chi connectivity index (χ3v) is 2.31. The number of hydrogen-bond acceptors (Lipinski definition) is 2. The van der Waals surface area contributed by atoms with Gasteiger partial charge in [-0.2, -0.15) is 0 Å². The van der Waals surface area contributed by atoms with Crippen molar-refractivity contribution in [3.63, 3.8) is 0 Å². The fourth-order valence-corrected chi connectivity index (χ4v) is 1.50. The second kappa shape index (κ2) is 4.66. The maximum Gasteiger partial charge on any atom is 0.252 e. The molecule has 3 nitrogen and oxygen atoms in total. The number of allylic oxidation sites excluding steroid dienone is 1. The lowest BCUT2D eigenvalue weighted by Crippen LogP contribution is -2.13. The predicted molar refractivity (Wildman–Crippen MR) is 61.2 cm³/mol. The summed E-state index contributed by atoms with van der Waals surface area (Å²) in [6.45, 7) is 2.33. The van der Waals surface area contributed by atoms with Crippen LogP contribution in [0.3, 0.4) is 0 Å².